The number of piperidine rings is 1. The summed E-state index contributed by atoms with van der Waals surface area (Å²) in [5.74, 6) is 1.38. The molecule has 3 heterocycles. The molecule has 3 aromatic rings. The van der Waals surface area contributed by atoms with Gasteiger partial charge in [0.2, 0.25) is 5.91 Å². The summed E-state index contributed by atoms with van der Waals surface area (Å²) in [5, 5.41) is 11.1. The molecule has 2 aromatic carbocycles. The number of methoxy groups -OCH3 is 1. The number of amides is 1. The Hall–Kier alpha value is -3.00. The van der Waals surface area contributed by atoms with E-state index in [0.717, 1.165) is 65.8 Å². The lowest BCUT2D eigenvalue weighted by Crippen LogP contribution is -2.52. The van der Waals surface area contributed by atoms with Crippen molar-refractivity contribution in [2.45, 2.75) is 12.8 Å². The predicted octanol–water partition coefficient (Wildman–Crippen LogP) is 3.58. The molecule has 0 spiro atoms. The number of aromatic nitrogens is 1. The van der Waals surface area contributed by atoms with E-state index in [2.05, 4.69) is 9.80 Å². The number of ether oxygens (including phenoxy) is 1. The van der Waals surface area contributed by atoms with E-state index in [9.17, 15) is 9.90 Å². The number of phenols is 1. The summed E-state index contributed by atoms with van der Waals surface area (Å²) >= 11 is 1.66. The molecule has 0 saturated carbocycles. The number of piperazine rings is 1. The van der Waals surface area contributed by atoms with E-state index in [1.165, 1.54) is 0 Å². The van der Waals surface area contributed by atoms with Gasteiger partial charge in [0.05, 0.1) is 28.9 Å². The fraction of sp³-hybridized carbons (Fsp3) is 0.417. The Morgan fingerprint density at radius 1 is 1.09 bits per heavy atom. The molecule has 2 aliphatic rings. The molecule has 1 aromatic heterocycles. The van der Waals surface area contributed by atoms with E-state index >= 15 is 0 Å². The molecule has 2 aliphatic heterocycles. The number of fused-ring (bicyclic) bond motifs is 1. The fourth-order valence-electron chi connectivity index (χ4n) is 4.66. The SMILES string of the molecule is COc1ccc2nc(N3CCCC(C(=O)N4CCN(c5ccccc5O)CC4)C3)sc2c1. The zero-order chi connectivity index (χ0) is 22.1. The number of thiazole rings is 1. The lowest BCUT2D eigenvalue weighted by atomic mass is 9.96. The fourth-order valence-corrected chi connectivity index (χ4v) is 5.69. The number of phenolic OH excluding ortho intramolecular Hbond substituents is 1. The maximum atomic E-state index is 13.3. The van der Waals surface area contributed by atoms with Crippen LogP contribution in [0.1, 0.15) is 12.8 Å². The summed E-state index contributed by atoms with van der Waals surface area (Å²) in [6.45, 7) is 4.49. The molecule has 7 nitrogen and oxygen atoms in total. The number of para-hydroxylation sites is 2. The molecule has 8 heteroatoms. The van der Waals surface area contributed by atoms with Crippen LogP contribution in [0, 0.1) is 5.92 Å². The third-order valence-electron chi connectivity index (χ3n) is 6.44. The number of benzene rings is 2. The third-order valence-corrected chi connectivity index (χ3v) is 7.52. The maximum Gasteiger partial charge on any atom is 0.227 e. The molecule has 2 saturated heterocycles. The highest BCUT2D eigenvalue weighted by Crippen LogP contribution is 2.34. The quantitative estimate of drug-likeness (QED) is 0.653. The molecular formula is C24H28N4O3S. The second-order valence-corrected chi connectivity index (χ2v) is 9.43. The van der Waals surface area contributed by atoms with Crippen molar-refractivity contribution in [1.82, 2.24) is 9.88 Å². The molecule has 0 aliphatic carbocycles. The molecule has 1 N–H and O–H groups in total. The van der Waals surface area contributed by atoms with Gasteiger partial charge in [-0.25, -0.2) is 4.98 Å². The van der Waals surface area contributed by atoms with Crippen LogP contribution in [0.3, 0.4) is 0 Å². The van der Waals surface area contributed by atoms with Crippen LogP contribution in [-0.2, 0) is 4.79 Å². The zero-order valence-electron chi connectivity index (χ0n) is 18.2. The Bertz CT molecular complexity index is 1110. The zero-order valence-corrected chi connectivity index (χ0v) is 19.1. The Balaban J connectivity index is 1.23. The summed E-state index contributed by atoms with van der Waals surface area (Å²) in [6.07, 6.45) is 1.92. The van der Waals surface area contributed by atoms with Crippen molar-refractivity contribution in [3.8, 4) is 11.5 Å². The van der Waals surface area contributed by atoms with Crippen LogP contribution in [0.15, 0.2) is 42.5 Å². The Morgan fingerprint density at radius 3 is 2.69 bits per heavy atom. The van der Waals surface area contributed by atoms with Gasteiger partial charge in [0.15, 0.2) is 5.13 Å². The Labute approximate surface area is 191 Å². The van der Waals surface area contributed by atoms with Crippen molar-refractivity contribution in [1.29, 1.82) is 0 Å². The highest BCUT2D eigenvalue weighted by Gasteiger charge is 2.32. The summed E-state index contributed by atoms with van der Waals surface area (Å²) in [6, 6.07) is 13.3. The Morgan fingerprint density at radius 2 is 1.91 bits per heavy atom. The van der Waals surface area contributed by atoms with Gasteiger partial charge in [-0.3, -0.25) is 4.79 Å². The first kappa shape index (κ1) is 20.9. The standard InChI is InChI=1S/C24H28N4O3S/c1-31-18-8-9-19-22(15-18)32-24(25-19)28-10-4-5-17(16-28)23(30)27-13-11-26(12-14-27)20-6-2-3-7-21(20)29/h2-3,6-9,15,17,29H,4-5,10-14,16H2,1H3. The monoisotopic (exact) mass is 452 g/mol. The van der Waals surface area contributed by atoms with Crippen LogP contribution < -0.4 is 14.5 Å². The third kappa shape index (κ3) is 4.07. The van der Waals surface area contributed by atoms with Gasteiger partial charge in [-0.15, -0.1) is 0 Å². The van der Waals surface area contributed by atoms with Crippen molar-refractivity contribution in [3.05, 3.63) is 42.5 Å². The largest absolute Gasteiger partial charge is 0.506 e. The van der Waals surface area contributed by atoms with Crippen LogP contribution in [0.5, 0.6) is 11.5 Å². The predicted molar refractivity (Wildman–Crippen MR) is 128 cm³/mol. The van der Waals surface area contributed by atoms with Crippen LogP contribution in [0.25, 0.3) is 10.2 Å². The van der Waals surface area contributed by atoms with Gasteiger partial charge in [-0.05, 0) is 43.2 Å². The second kappa shape index (κ2) is 8.86. The lowest BCUT2D eigenvalue weighted by Gasteiger charge is -2.39. The van der Waals surface area contributed by atoms with E-state index in [1.54, 1.807) is 24.5 Å². The van der Waals surface area contributed by atoms with Gasteiger partial charge in [0.25, 0.3) is 0 Å². The van der Waals surface area contributed by atoms with Gasteiger partial charge in [0, 0.05) is 39.3 Å². The number of hydrogen-bond acceptors (Lipinski definition) is 7. The first-order valence-electron chi connectivity index (χ1n) is 11.1. The molecule has 0 bridgehead atoms. The first-order valence-corrected chi connectivity index (χ1v) is 12.0. The van der Waals surface area contributed by atoms with E-state index in [-0.39, 0.29) is 11.8 Å². The van der Waals surface area contributed by atoms with Gasteiger partial charge < -0.3 is 24.5 Å². The molecule has 1 amide bonds. The molecule has 0 radical (unpaired) electrons. The topological polar surface area (TPSA) is 69.1 Å². The van der Waals surface area contributed by atoms with E-state index in [0.29, 0.717) is 18.8 Å². The van der Waals surface area contributed by atoms with E-state index in [1.807, 2.05) is 41.3 Å². The Kier molecular flexibility index (Phi) is 5.78. The van der Waals surface area contributed by atoms with Gasteiger partial charge >= 0.3 is 0 Å². The van der Waals surface area contributed by atoms with E-state index < -0.39 is 0 Å². The summed E-state index contributed by atoms with van der Waals surface area (Å²) in [7, 11) is 1.67. The average molecular weight is 453 g/mol. The van der Waals surface area contributed by atoms with Gasteiger partial charge in [0.1, 0.15) is 11.5 Å². The van der Waals surface area contributed by atoms with Gasteiger partial charge in [-0.2, -0.15) is 0 Å². The van der Waals surface area contributed by atoms with E-state index in [4.69, 9.17) is 9.72 Å². The molecule has 1 atom stereocenters. The molecule has 32 heavy (non-hydrogen) atoms. The maximum absolute atomic E-state index is 13.3. The lowest BCUT2D eigenvalue weighted by molar-refractivity contribution is -0.136. The molecule has 2 fully saturated rings. The van der Waals surface area contributed by atoms with Crippen LogP contribution >= 0.6 is 11.3 Å². The highest BCUT2D eigenvalue weighted by molar-refractivity contribution is 7.22. The molecule has 5 rings (SSSR count). The smallest absolute Gasteiger partial charge is 0.227 e. The van der Waals surface area contributed by atoms with Gasteiger partial charge in [-0.1, -0.05) is 23.5 Å². The van der Waals surface area contributed by atoms with Crippen molar-refractivity contribution >= 4 is 38.3 Å². The van der Waals surface area contributed by atoms with Crippen LogP contribution in [0.2, 0.25) is 0 Å². The van der Waals surface area contributed by atoms with Crippen molar-refractivity contribution in [3.63, 3.8) is 0 Å². The second-order valence-electron chi connectivity index (χ2n) is 8.42. The van der Waals surface area contributed by atoms with Crippen molar-refractivity contribution in [2.75, 3.05) is 56.2 Å². The minimum Gasteiger partial charge on any atom is -0.506 e. The summed E-state index contributed by atoms with van der Waals surface area (Å²) < 4.78 is 6.44. The highest BCUT2D eigenvalue weighted by atomic mass is 32.1. The van der Waals surface area contributed by atoms with Crippen LogP contribution in [-0.4, -0.2) is 67.3 Å². The summed E-state index contributed by atoms with van der Waals surface area (Å²) in [5.41, 5.74) is 1.82. The molecular weight excluding hydrogens is 424 g/mol. The number of nitrogens with zero attached hydrogens (tertiary/aromatic N) is 4. The molecule has 168 valence electrons. The number of carbonyl (C=O) groups is 1. The normalized spacial score (nSPS) is 19.4. The number of rotatable bonds is 4. The molecule has 1 unspecified atom stereocenters. The van der Waals surface area contributed by atoms with Crippen molar-refractivity contribution < 1.29 is 14.6 Å². The number of hydrogen-bond donors (Lipinski definition) is 1. The average Bonchev–Trinajstić information content (AvgIpc) is 3.27. The minimum atomic E-state index is 0.00183. The minimum absolute atomic E-state index is 0.00183. The first-order chi connectivity index (χ1) is 15.6. The summed E-state index contributed by atoms with van der Waals surface area (Å²) in [4.78, 5) is 24.5. The number of anilines is 2. The number of carbonyl (C=O) groups excluding carboxylic acids is 1. The van der Waals surface area contributed by atoms with Crippen LogP contribution in [0.4, 0.5) is 10.8 Å². The number of aromatic hydroxyl groups is 1. The van der Waals surface area contributed by atoms with Crippen molar-refractivity contribution in [2.24, 2.45) is 5.92 Å².